The van der Waals surface area contributed by atoms with E-state index in [-0.39, 0.29) is 12.4 Å². The number of pyridine rings is 2. The Kier molecular flexibility index (Phi) is 12.9. The van der Waals surface area contributed by atoms with Crippen LogP contribution in [0.25, 0.3) is 0 Å². The standard InChI is InChI=1S/2C5H5N.ClH.2Cr.2H2O.5O/c2*1-2-4-6-5-3-1;;;;;;;;;;/h2*1-5H;1H;;;2*1H2;;;;;/q;;;2*+1;;;;;;;/p-2. The van der Waals surface area contributed by atoms with Crippen molar-refractivity contribution in [3.05, 3.63) is 61.2 Å². The Morgan fingerprint density at radius 2 is 0.909 bits per heavy atom. The molecule has 12 heteroatoms. The molecule has 0 saturated carbocycles. The number of hydrogen-bond acceptors (Lipinski definition) is 7. The normalized spacial score (nSPS) is 9.91. The smallest absolute Gasteiger partial charge is 0.0267 e. The van der Waals surface area contributed by atoms with Crippen molar-refractivity contribution in [2.24, 2.45) is 0 Å². The van der Waals surface area contributed by atoms with Crippen molar-refractivity contribution in [2.45, 2.75) is 0 Å². The van der Waals surface area contributed by atoms with E-state index in [9.17, 15) is 15.2 Å². The van der Waals surface area contributed by atoms with E-state index < -0.39 is 27.2 Å². The number of nitrogens with zero attached hydrogens (tertiary/aromatic N) is 2. The van der Waals surface area contributed by atoms with E-state index in [1.807, 2.05) is 36.4 Å². The van der Waals surface area contributed by atoms with Crippen molar-refractivity contribution in [1.29, 1.82) is 0 Å². The van der Waals surface area contributed by atoms with Gasteiger partial charge in [-0.25, -0.2) is 0 Å². The summed E-state index contributed by atoms with van der Waals surface area (Å²) in [7, 11) is 0. The molecule has 0 aromatic carbocycles. The molecular formula is C10H13ClCr2N2O7. The Labute approximate surface area is 137 Å². The van der Waals surface area contributed by atoms with Crippen molar-refractivity contribution in [3.63, 3.8) is 0 Å². The summed E-state index contributed by atoms with van der Waals surface area (Å²) < 4.78 is 56.3. The number of hydrogen-bond donors (Lipinski definition) is 2. The molecule has 0 bridgehead atoms. The van der Waals surface area contributed by atoms with Crippen LogP contribution in [-0.4, -0.2) is 18.3 Å². The number of halogens is 1. The predicted molar refractivity (Wildman–Crippen MR) is 64.0 cm³/mol. The molecule has 2 heterocycles. The summed E-state index contributed by atoms with van der Waals surface area (Å²) in [5, 5.41) is 0. The van der Waals surface area contributed by atoms with E-state index in [1.54, 1.807) is 24.8 Å². The van der Waals surface area contributed by atoms with Gasteiger partial charge in [-0.3, -0.25) is 9.97 Å². The van der Waals surface area contributed by atoms with Crippen LogP contribution in [0.5, 0.6) is 0 Å². The number of aromatic nitrogens is 2. The van der Waals surface area contributed by atoms with Crippen LogP contribution in [0, 0.1) is 0 Å². The first-order chi connectivity index (χ1) is 9.71. The average molecular weight is 413 g/mol. The fraction of sp³-hybridized carbons (Fsp3) is 0. The van der Waals surface area contributed by atoms with Crippen LogP contribution in [0.15, 0.2) is 61.2 Å². The fourth-order valence-electron chi connectivity index (χ4n) is 0.734. The quantitative estimate of drug-likeness (QED) is 0.735. The average Bonchev–Trinajstić information content (AvgIpc) is 2.40. The van der Waals surface area contributed by atoms with Crippen molar-refractivity contribution in [2.75, 3.05) is 0 Å². The Balaban J connectivity index is 0. The third-order valence-electron chi connectivity index (χ3n) is 1.30. The Morgan fingerprint density at radius 1 is 0.636 bits per heavy atom. The maximum atomic E-state index is 9.53. The third kappa shape index (κ3) is 21.0. The summed E-state index contributed by atoms with van der Waals surface area (Å²) in [4.78, 5) is 7.57. The van der Waals surface area contributed by atoms with Gasteiger partial charge in [0.15, 0.2) is 0 Å². The third-order valence-corrected chi connectivity index (χ3v) is 4.06. The van der Waals surface area contributed by atoms with E-state index in [0.29, 0.717) is 0 Å². The first kappa shape index (κ1) is 23.0. The Bertz CT molecular complexity index is 567. The van der Waals surface area contributed by atoms with Gasteiger partial charge in [-0.2, -0.15) is 0 Å². The molecule has 2 N–H and O–H groups in total. The number of rotatable bonds is 2. The van der Waals surface area contributed by atoms with Crippen LogP contribution in [0.2, 0.25) is 0 Å². The van der Waals surface area contributed by atoms with Crippen LogP contribution in [0.3, 0.4) is 0 Å². The van der Waals surface area contributed by atoms with Gasteiger partial charge in [0.25, 0.3) is 0 Å². The van der Waals surface area contributed by atoms with Crippen LogP contribution < -0.4 is 0 Å². The largest absolute Gasteiger partial charge is 0.265 e. The van der Waals surface area contributed by atoms with Crippen molar-refractivity contribution >= 4 is 12.4 Å². The van der Waals surface area contributed by atoms with Crippen molar-refractivity contribution < 1.29 is 53.6 Å². The fourth-order valence-corrected chi connectivity index (χ4v) is 2.47. The Hall–Kier alpha value is -1.27. The summed E-state index contributed by atoms with van der Waals surface area (Å²) in [6, 6.07) is 11.4. The zero-order chi connectivity index (χ0) is 16.2. The van der Waals surface area contributed by atoms with Gasteiger partial charge in [-0.05, 0) is 24.3 Å². The summed E-state index contributed by atoms with van der Waals surface area (Å²) in [5.74, 6) is 0. The van der Waals surface area contributed by atoms with Gasteiger partial charge >= 0.3 is 53.6 Å². The van der Waals surface area contributed by atoms with Gasteiger partial charge in [-0.1, -0.05) is 12.1 Å². The maximum absolute atomic E-state index is 9.53. The second-order valence-electron chi connectivity index (χ2n) is 2.97. The second-order valence-corrected chi connectivity index (χ2v) is 6.73. The van der Waals surface area contributed by atoms with Gasteiger partial charge in [0.2, 0.25) is 0 Å². The molecule has 22 heavy (non-hydrogen) atoms. The minimum atomic E-state index is -5.76. The summed E-state index contributed by atoms with van der Waals surface area (Å²) in [6.45, 7) is 0. The molecule has 0 radical (unpaired) electrons. The molecule has 0 aliphatic carbocycles. The molecule has 0 unspecified atom stereocenters. The van der Waals surface area contributed by atoms with Gasteiger partial charge < -0.3 is 0 Å². The van der Waals surface area contributed by atoms with E-state index in [4.69, 9.17) is 8.32 Å². The van der Waals surface area contributed by atoms with E-state index in [2.05, 4.69) is 12.8 Å². The monoisotopic (exact) mass is 412 g/mol. The zero-order valence-corrected chi connectivity index (χ0v) is 14.2. The van der Waals surface area contributed by atoms with Crippen LogP contribution in [-0.2, 0) is 45.3 Å². The van der Waals surface area contributed by atoms with Crippen molar-refractivity contribution in [1.82, 2.24) is 9.97 Å². The van der Waals surface area contributed by atoms with Crippen LogP contribution >= 0.6 is 12.4 Å². The first-order valence-corrected chi connectivity index (χ1v) is 9.33. The van der Waals surface area contributed by atoms with Crippen LogP contribution in [0.4, 0.5) is 0 Å². The maximum Gasteiger partial charge on any atom is 0.0267 e. The molecular weight excluding hydrogens is 400 g/mol. The molecule has 2 aromatic heterocycles. The topological polar surface area (TPSA) is 144 Å². The van der Waals surface area contributed by atoms with Gasteiger partial charge in [0.05, 0.1) is 0 Å². The van der Waals surface area contributed by atoms with Gasteiger partial charge in [-0.15, -0.1) is 12.4 Å². The molecule has 0 atom stereocenters. The van der Waals surface area contributed by atoms with E-state index in [0.717, 1.165) is 0 Å². The molecule has 2 rings (SSSR count). The molecule has 0 aliphatic rings. The summed E-state index contributed by atoms with van der Waals surface area (Å²) >= 11 is -11.5. The molecule has 0 fully saturated rings. The Morgan fingerprint density at radius 3 is 0.955 bits per heavy atom. The summed E-state index contributed by atoms with van der Waals surface area (Å²) in [6.07, 6.45) is 7.00. The molecule has 2 aromatic rings. The van der Waals surface area contributed by atoms with E-state index in [1.165, 1.54) is 0 Å². The molecule has 0 amide bonds. The minimum Gasteiger partial charge on any atom is -0.265 e. The predicted octanol–water partition coefficient (Wildman–Crippen LogP) is 0.922. The van der Waals surface area contributed by atoms with Crippen molar-refractivity contribution in [3.8, 4) is 0 Å². The first-order valence-electron chi connectivity index (χ1n) is 5.06. The molecule has 0 spiro atoms. The SMILES string of the molecule is Cl.[O]=[Cr](=[O])([OH])[O][Cr](=[O])(=[O])[OH].c1ccncc1.c1ccncc1. The second kappa shape index (κ2) is 12.3. The molecule has 9 nitrogen and oxygen atoms in total. The zero-order valence-electron chi connectivity index (χ0n) is 10.8. The van der Waals surface area contributed by atoms with Crippen LogP contribution in [0.1, 0.15) is 0 Å². The molecule has 0 saturated heterocycles. The minimum absolute atomic E-state index is 0. The molecule has 0 aliphatic heterocycles. The van der Waals surface area contributed by atoms with E-state index >= 15 is 0 Å². The van der Waals surface area contributed by atoms with Gasteiger partial charge in [0, 0.05) is 24.8 Å². The molecule has 124 valence electrons. The summed E-state index contributed by atoms with van der Waals surface area (Å²) in [5.41, 5.74) is 0. The van der Waals surface area contributed by atoms with Gasteiger partial charge in [0.1, 0.15) is 0 Å².